The maximum Gasteiger partial charge on any atom is 0.304 e. The summed E-state index contributed by atoms with van der Waals surface area (Å²) in [4.78, 5) is 10.2. The summed E-state index contributed by atoms with van der Waals surface area (Å²) in [6, 6.07) is 1.62. The monoisotopic (exact) mass is 233 g/mol. The van der Waals surface area contributed by atoms with Crippen molar-refractivity contribution in [3.63, 3.8) is 0 Å². The van der Waals surface area contributed by atoms with Crippen molar-refractivity contribution in [2.75, 3.05) is 5.75 Å². The molecule has 7 heteroatoms. The number of rotatable bonds is 6. The van der Waals surface area contributed by atoms with E-state index in [4.69, 9.17) is 9.52 Å². The molecule has 2 N–H and O–H groups in total. The Labute approximate surface area is 87.0 Å². The minimum atomic E-state index is -3.53. The summed E-state index contributed by atoms with van der Waals surface area (Å²) in [5, 5.41) is 8.32. The molecule has 84 valence electrons. The van der Waals surface area contributed by atoms with E-state index in [0.717, 1.165) is 0 Å². The number of carboxylic acid groups (broad SMARTS) is 1. The van der Waals surface area contributed by atoms with Crippen LogP contribution in [0.2, 0.25) is 0 Å². The van der Waals surface area contributed by atoms with Crippen LogP contribution in [0.15, 0.2) is 23.0 Å². The first-order valence-electron chi connectivity index (χ1n) is 4.20. The molecule has 0 unspecified atom stereocenters. The molecule has 0 aliphatic carbocycles. The van der Waals surface area contributed by atoms with Gasteiger partial charge in [-0.3, -0.25) is 4.79 Å². The quantitative estimate of drug-likeness (QED) is 0.730. The summed E-state index contributed by atoms with van der Waals surface area (Å²) in [5.74, 6) is -1.55. The average Bonchev–Trinajstić information content (AvgIpc) is 2.65. The summed E-state index contributed by atoms with van der Waals surface area (Å²) < 4.78 is 29.5. The van der Waals surface area contributed by atoms with E-state index < -0.39 is 28.2 Å². The van der Waals surface area contributed by atoms with Crippen LogP contribution in [0.5, 0.6) is 0 Å². The van der Waals surface area contributed by atoms with E-state index in [1.807, 2.05) is 0 Å². The number of hydrogen-bond donors (Lipinski definition) is 2. The molecule has 1 aromatic heterocycles. The number of hydrogen-bond acceptors (Lipinski definition) is 4. The van der Waals surface area contributed by atoms with Crippen LogP contribution >= 0.6 is 0 Å². The molecule has 0 bridgehead atoms. The first-order chi connectivity index (χ1) is 6.99. The molecule has 1 heterocycles. The Morgan fingerprint density at radius 3 is 2.80 bits per heavy atom. The Bertz CT molecular complexity index is 408. The molecule has 0 aliphatic heterocycles. The first-order valence-corrected chi connectivity index (χ1v) is 5.85. The second-order valence-electron chi connectivity index (χ2n) is 2.92. The van der Waals surface area contributed by atoms with Gasteiger partial charge in [-0.15, -0.1) is 0 Å². The van der Waals surface area contributed by atoms with Crippen LogP contribution in [0.3, 0.4) is 0 Å². The Hall–Kier alpha value is -1.34. The summed E-state index contributed by atoms with van der Waals surface area (Å²) in [6.45, 7) is 0.110. The highest BCUT2D eigenvalue weighted by molar-refractivity contribution is 7.89. The van der Waals surface area contributed by atoms with E-state index in [0.29, 0.717) is 5.56 Å². The summed E-state index contributed by atoms with van der Waals surface area (Å²) in [6.07, 6.45) is 2.45. The normalized spacial score (nSPS) is 11.5. The molecule has 0 aromatic carbocycles. The zero-order chi connectivity index (χ0) is 11.3. The van der Waals surface area contributed by atoms with Gasteiger partial charge in [-0.1, -0.05) is 0 Å². The second-order valence-corrected chi connectivity index (χ2v) is 4.84. The van der Waals surface area contributed by atoms with Crippen molar-refractivity contribution >= 4 is 16.0 Å². The molecule has 0 saturated carbocycles. The molecule has 0 atom stereocenters. The lowest BCUT2D eigenvalue weighted by atomic mass is 10.4. The maximum atomic E-state index is 11.2. The average molecular weight is 233 g/mol. The van der Waals surface area contributed by atoms with Gasteiger partial charge >= 0.3 is 5.97 Å². The van der Waals surface area contributed by atoms with Crippen LogP contribution in [0.25, 0.3) is 0 Å². The lowest BCUT2D eigenvalue weighted by Crippen LogP contribution is -2.26. The Morgan fingerprint density at radius 1 is 1.53 bits per heavy atom. The molecule has 0 amide bonds. The summed E-state index contributed by atoms with van der Waals surface area (Å²) in [5.41, 5.74) is 0.689. The van der Waals surface area contributed by atoms with Crippen molar-refractivity contribution in [1.29, 1.82) is 0 Å². The van der Waals surface area contributed by atoms with Gasteiger partial charge in [-0.25, -0.2) is 13.1 Å². The molecule has 0 saturated heterocycles. The Kier molecular flexibility index (Phi) is 3.87. The topological polar surface area (TPSA) is 96.6 Å². The molecule has 6 nitrogen and oxygen atoms in total. The predicted octanol–water partition coefficient (Wildman–Crippen LogP) is 0.174. The highest BCUT2D eigenvalue weighted by Crippen LogP contribution is 2.00. The Balaban J connectivity index is 2.40. The third kappa shape index (κ3) is 4.61. The largest absolute Gasteiger partial charge is 0.481 e. The van der Waals surface area contributed by atoms with Crippen molar-refractivity contribution < 1.29 is 22.7 Å². The minimum absolute atomic E-state index is 0.110. The first kappa shape index (κ1) is 11.7. The van der Waals surface area contributed by atoms with Gasteiger partial charge < -0.3 is 9.52 Å². The fourth-order valence-electron chi connectivity index (χ4n) is 0.880. The molecule has 0 aliphatic rings. The molecule has 0 spiro atoms. The van der Waals surface area contributed by atoms with Crippen LogP contribution in [0.4, 0.5) is 0 Å². The van der Waals surface area contributed by atoms with Gasteiger partial charge in [0.25, 0.3) is 0 Å². The zero-order valence-electron chi connectivity index (χ0n) is 7.84. The molecule has 0 fully saturated rings. The third-order valence-electron chi connectivity index (χ3n) is 1.66. The number of aliphatic carboxylic acids is 1. The summed E-state index contributed by atoms with van der Waals surface area (Å²) in [7, 11) is -3.53. The Morgan fingerprint density at radius 2 is 2.27 bits per heavy atom. The van der Waals surface area contributed by atoms with Gasteiger partial charge in [0, 0.05) is 12.1 Å². The van der Waals surface area contributed by atoms with E-state index in [2.05, 4.69) is 4.72 Å². The van der Waals surface area contributed by atoms with E-state index in [-0.39, 0.29) is 6.54 Å². The smallest absolute Gasteiger partial charge is 0.304 e. The molecule has 0 radical (unpaired) electrons. The van der Waals surface area contributed by atoms with Crippen LogP contribution in [-0.2, 0) is 21.4 Å². The molecule has 1 aromatic rings. The highest BCUT2D eigenvalue weighted by atomic mass is 32.2. The summed E-state index contributed by atoms with van der Waals surface area (Å²) >= 11 is 0. The van der Waals surface area contributed by atoms with E-state index >= 15 is 0 Å². The van der Waals surface area contributed by atoms with Crippen molar-refractivity contribution in [3.8, 4) is 0 Å². The van der Waals surface area contributed by atoms with E-state index in [9.17, 15) is 13.2 Å². The van der Waals surface area contributed by atoms with Gasteiger partial charge in [-0.05, 0) is 6.07 Å². The number of sulfonamides is 1. The zero-order valence-corrected chi connectivity index (χ0v) is 8.66. The SMILES string of the molecule is O=C(O)CCS(=O)(=O)NCc1ccoc1. The van der Waals surface area contributed by atoms with Gasteiger partial charge in [-0.2, -0.15) is 0 Å². The third-order valence-corrected chi connectivity index (χ3v) is 2.99. The van der Waals surface area contributed by atoms with E-state index in [1.165, 1.54) is 12.5 Å². The van der Waals surface area contributed by atoms with Crippen LogP contribution in [0, 0.1) is 0 Å². The number of nitrogens with one attached hydrogen (secondary N) is 1. The molecule has 1 rings (SSSR count). The second kappa shape index (κ2) is 4.94. The van der Waals surface area contributed by atoms with Gasteiger partial charge in [0.2, 0.25) is 10.0 Å². The predicted molar refractivity (Wildman–Crippen MR) is 51.6 cm³/mol. The van der Waals surface area contributed by atoms with Crippen LogP contribution < -0.4 is 4.72 Å². The fraction of sp³-hybridized carbons (Fsp3) is 0.375. The molecular formula is C8H11NO5S. The minimum Gasteiger partial charge on any atom is -0.481 e. The van der Waals surface area contributed by atoms with Crippen molar-refractivity contribution in [2.24, 2.45) is 0 Å². The molecular weight excluding hydrogens is 222 g/mol. The van der Waals surface area contributed by atoms with Crippen molar-refractivity contribution in [3.05, 3.63) is 24.2 Å². The van der Waals surface area contributed by atoms with Crippen molar-refractivity contribution in [2.45, 2.75) is 13.0 Å². The van der Waals surface area contributed by atoms with Crippen LogP contribution in [0.1, 0.15) is 12.0 Å². The van der Waals surface area contributed by atoms with Gasteiger partial charge in [0.15, 0.2) is 0 Å². The maximum absolute atomic E-state index is 11.2. The van der Waals surface area contributed by atoms with Crippen LogP contribution in [-0.4, -0.2) is 25.2 Å². The number of furan rings is 1. The standard InChI is InChI=1S/C8H11NO5S/c10-8(11)2-4-15(12,13)9-5-7-1-3-14-6-7/h1,3,6,9H,2,4-5H2,(H,10,11). The molecule has 15 heavy (non-hydrogen) atoms. The van der Waals surface area contributed by atoms with Crippen molar-refractivity contribution in [1.82, 2.24) is 4.72 Å². The van der Waals surface area contributed by atoms with Gasteiger partial charge in [0.05, 0.1) is 24.7 Å². The number of carboxylic acids is 1. The van der Waals surface area contributed by atoms with E-state index in [1.54, 1.807) is 6.07 Å². The highest BCUT2D eigenvalue weighted by Gasteiger charge is 2.12. The lowest BCUT2D eigenvalue weighted by molar-refractivity contribution is -0.136. The van der Waals surface area contributed by atoms with Gasteiger partial charge in [0.1, 0.15) is 0 Å². The lowest BCUT2D eigenvalue weighted by Gasteiger charge is -2.03. The number of carbonyl (C=O) groups is 1. The fourth-order valence-corrected chi connectivity index (χ4v) is 1.85.